The topological polar surface area (TPSA) is 41.1 Å². The van der Waals surface area contributed by atoms with Gasteiger partial charge in [0.15, 0.2) is 0 Å². The fourth-order valence-corrected chi connectivity index (χ4v) is 1.85. The van der Waals surface area contributed by atoms with E-state index in [9.17, 15) is 4.79 Å². The summed E-state index contributed by atoms with van der Waals surface area (Å²) in [5.74, 6) is 0.0810. The van der Waals surface area contributed by atoms with E-state index in [0.717, 1.165) is 32.4 Å². The van der Waals surface area contributed by atoms with Crippen LogP contribution in [0.4, 0.5) is 0 Å². The van der Waals surface area contributed by atoms with E-state index in [4.69, 9.17) is 0 Å². The van der Waals surface area contributed by atoms with Gasteiger partial charge in [-0.3, -0.25) is 4.79 Å². The van der Waals surface area contributed by atoms with Crippen molar-refractivity contribution in [3.8, 4) is 0 Å². The second-order valence-electron chi connectivity index (χ2n) is 4.43. The molecule has 1 aromatic carbocycles. The first-order valence-electron chi connectivity index (χ1n) is 6.82. The Hall–Kier alpha value is -1.35. The first-order valence-corrected chi connectivity index (χ1v) is 6.82. The molecule has 0 heterocycles. The van der Waals surface area contributed by atoms with E-state index in [1.165, 1.54) is 11.1 Å². The molecule has 0 aliphatic carbocycles. The molecule has 0 aliphatic rings. The molecule has 0 unspecified atom stereocenters. The van der Waals surface area contributed by atoms with Crippen LogP contribution in [0.3, 0.4) is 0 Å². The molecule has 0 aliphatic heterocycles. The predicted octanol–water partition coefficient (Wildman–Crippen LogP) is 2.25. The maximum absolute atomic E-state index is 11.5. The Labute approximate surface area is 110 Å². The molecular formula is C15H24N2O. The maximum Gasteiger partial charge on any atom is 0.233 e. The van der Waals surface area contributed by atoms with Crippen molar-refractivity contribution in [3.05, 3.63) is 35.4 Å². The van der Waals surface area contributed by atoms with Gasteiger partial charge in [-0.15, -0.1) is 0 Å². The largest absolute Gasteiger partial charge is 0.355 e. The smallest absolute Gasteiger partial charge is 0.233 e. The van der Waals surface area contributed by atoms with Gasteiger partial charge in [0, 0.05) is 13.1 Å². The van der Waals surface area contributed by atoms with Gasteiger partial charge in [0.2, 0.25) is 5.91 Å². The number of carbonyl (C=O) groups is 1. The average Bonchev–Trinajstić information content (AvgIpc) is 2.39. The molecule has 3 heteroatoms. The van der Waals surface area contributed by atoms with Crippen molar-refractivity contribution < 1.29 is 4.79 Å². The van der Waals surface area contributed by atoms with Crippen molar-refractivity contribution in [2.45, 2.75) is 39.7 Å². The zero-order valence-corrected chi connectivity index (χ0v) is 11.5. The third-order valence-corrected chi connectivity index (χ3v) is 2.95. The fraction of sp³-hybridized carbons (Fsp3) is 0.533. The highest BCUT2D eigenvalue weighted by molar-refractivity contribution is 5.77. The Morgan fingerprint density at radius 3 is 2.56 bits per heavy atom. The summed E-state index contributed by atoms with van der Waals surface area (Å²) in [4.78, 5) is 11.5. The minimum atomic E-state index is 0.0810. The lowest BCUT2D eigenvalue weighted by molar-refractivity contribution is -0.120. The summed E-state index contributed by atoms with van der Waals surface area (Å²) in [6.45, 7) is 6.19. The minimum absolute atomic E-state index is 0.0810. The second-order valence-corrected chi connectivity index (χ2v) is 4.43. The lowest BCUT2D eigenvalue weighted by Gasteiger charge is -2.09. The molecule has 0 radical (unpaired) electrons. The molecule has 2 N–H and O–H groups in total. The van der Waals surface area contributed by atoms with E-state index in [0.29, 0.717) is 6.54 Å². The number of benzene rings is 1. The number of carbonyl (C=O) groups excluding carboxylic acids is 1. The van der Waals surface area contributed by atoms with Gasteiger partial charge in [-0.2, -0.15) is 0 Å². The molecule has 18 heavy (non-hydrogen) atoms. The van der Waals surface area contributed by atoms with E-state index in [1.54, 1.807) is 0 Å². The Balaban J connectivity index is 2.26. The first-order chi connectivity index (χ1) is 8.77. The molecule has 100 valence electrons. The van der Waals surface area contributed by atoms with E-state index in [1.807, 2.05) is 6.07 Å². The summed E-state index contributed by atoms with van der Waals surface area (Å²) < 4.78 is 0. The molecule has 3 nitrogen and oxygen atoms in total. The molecular weight excluding hydrogens is 224 g/mol. The van der Waals surface area contributed by atoms with Crippen LogP contribution in [0.5, 0.6) is 0 Å². The van der Waals surface area contributed by atoms with Gasteiger partial charge in [0.25, 0.3) is 0 Å². The SMILES string of the molecule is CCCCNC(=O)CNCc1ccccc1CC. The summed E-state index contributed by atoms with van der Waals surface area (Å²) in [5, 5.41) is 6.09. The Kier molecular flexibility index (Phi) is 7.11. The normalized spacial score (nSPS) is 10.3. The third-order valence-electron chi connectivity index (χ3n) is 2.95. The molecule has 0 saturated carbocycles. The van der Waals surface area contributed by atoms with Gasteiger partial charge in [-0.25, -0.2) is 0 Å². The summed E-state index contributed by atoms with van der Waals surface area (Å²) in [6.07, 6.45) is 3.18. The molecule has 0 spiro atoms. The molecule has 0 atom stereocenters. The van der Waals surface area contributed by atoms with Crippen molar-refractivity contribution in [1.82, 2.24) is 10.6 Å². The van der Waals surface area contributed by atoms with Crippen LogP contribution in [0, 0.1) is 0 Å². The highest BCUT2D eigenvalue weighted by Gasteiger charge is 2.02. The summed E-state index contributed by atoms with van der Waals surface area (Å²) in [6, 6.07) is 8.34. The van der Waals surface area contributed by atoms with Crippen LogP contribution < -0.4 is 10.6 Å². The van der Waals surface area contributed by atoms with Crippen LogP contribution in [0.25, 0.3) is 0 Å². The molecule has 1 rings (SSSR count). The van der Waals surface area contributed by atoms with Crippen LogP contribution in [0.15, 0.2) is 24.3 Å². The fourth-order valence-electron chi connectivity index (χ4n) is 1.85. The number of hydrogen-bond acceptors (Lipinski definition) is 2. The van der Waals surface area contributed by atoms with Crippen molar-refractivity contribution >= 4 is 5.91 Å². The number of amides is 1. The molecule has 1 amide bonds. The van der Waals surface area contributed by atoms with E-state index in [2.05, 4.69) is 42.7 Å². The third kappa shape index (κ3) is 5.32. The van der Waals surface area contributed by atoms with Crippen molar-refractivity contribution in [2.24, 2.45) is 0 Å². The molecule has 0 aromatic heterocycles. The van der Waals surface area contributed by atoms with E-state index in [-0.39, 0.29) is 5.91 Å². The second kappa shape index (κ2) is 8.70. The maximum atomic E-state index is 11.5. The quantitative estimate of drug-likeness (QED) is 0.693. The van der Waals surface area contributed by atoms with E-state index < -0.39 is 0 Å². The Morgan fingerprint density at radius 2 is 1.89 bits per heavy atom. The Morgan fingerprint density at radius 1 is 1.17 bits per heavy atom. The van der Waals surface area contributed by atoms with Gasteiger partial charge in [0.1, 0.15) is 0 Å². The van der Waals surface area contributed by atoms with Gasteiger partial charge < -0.3 is 10.6 Å². The van der Waals surface area contributed by atoms with Gasteiger partial charge in [-0.05, 0) is 24.0 Å². The highest BCUT2D eigenvalue weighted by atomic mass is 16.1. The molecule has 0 fully saturated rings. The minimum Gasteiger partial charge on any atom is -0.355 e. The summed E-state index contributed by atoms with van der Waals surface area (Å²) in [5.41, 5.74) is 2.62. The zero-order chi connectivity index (χ0) is 13.2. The monoisotopic (exact) mass is 248 g/mol. The van der Waals surface area contributed by atoms with Crippen molar-refractivity contribution in [3.63, 3.8) is 0 Å². The van der Waals surface area contributed by atoms with Crippen LogP contribution in [0.2, 0.25) is 0 Å². The summed E-state index contributed by atoms with van der Waals surface area (Å²) in [7, 11) is 0. The van der Waals surface area contributed by atoms with Crippen molar-refractivity contribution in [1.29, 1.82) is 0 Å². The predicted molar refractivity (Wildman–Crippen MR) is 75.4 cm³/mol. The van der Waals surface area contributed by atoms with Crippen LogP contribution in [-0.2, 0) is 17.8 Å². The van der Waals surface area contributed by atoms with Gasteiger partial charge in [0.05, 0.1) is 6.54 Å². The lowest BCUT2D eigenvalue weighted by Crippen LogP contribution is -2.34. The lowest BCUT2D eigenvalue weighted by atomic mass is 10.1. The molecule has 0 saturated heterocycles. The molecule has 1 aromatic rings. The zero-order valence-electron chi connectivity index (χ0n) is 11.5. The highest BCUT2D eigenvalue weighted by Crippen LogP contribution is 2.08. The number of aryl methyl sites for hydroxylation is 1. The standard InChI is InChI=1S/C15H24N2O/c1-3-5-10-17-15(18)12-16-11-14-9-7-6-8-13(14)4-2/h6-9,16H,3-5,10-12H2,1-2H3,(H,17,18). The van der Waals surface area contributed by atoms with Crippen molar-refractivity contribution in [2.75, 3.05) is 13.1 Å². The first kappa shape index (κ1) is 14.7. The number of nitrogens with one attached hydrogen (secondary N) is 2. The van der Waals surface area contributed by atoms with Gasteiger partial charge in [-0.1, -0.05) is 44.5 Å². The average molecular weight is 248 g/mol. The van der Waals surface area contributed by atoms with Crippen LogP contribution in [-0.4, -0.2) is 19.0 Å². The number of hydrogen-bond donors (Lipinski definition) is 2. The number of unbranched alkanes of at least 4 members (excludes halogenated alkanes) is 1. The Bertz CT molecular complexity index is 363. The van der Waals surface area contributed by atoms with E-state index >= 15 is 0 Å². The van der Waals surface area contributed by atoms with Gasteiger partial charge >= 0.3 is 0 Å². The van der Waals surface area contributed by atoms with Crippen LogP contribution in [0.1, 0.15) is 37.8 Å². The van der Waals surface area contributed by atoms with Crippen LogP contribution >= 0.6 is 0 Å². The number of rotatable bonds is 8. The summed E-state index contributed by atoms with van der Waals surface area (Å²) >= 11 is 0. The molecule has 0 bridgehead atoms.